The fraction of sp³-hybridized carbons (Fsp3) is 0.194. The highest BCUT2D eigenvalue weighted by atomic mass is 35.5. The van der Waals surface area contributed by atoms with Gasteiger partial charge in [0.1, 0.15) is 11.8 Å². The lowest BCUT2D eigenvalue weighted by Crippen LogP contribution is -2.33. The number of esters is 1. The summed E-state index contributed by atoms with van der Waals surface area (Å²) in [4.78, 5) is 40.3. The Labute approximate surface area is 263 Å². The van der Waals surface area contributed by atoms with Crippen molar-refractivity contribution in [1.82, 2.24) is 0 Å². The molecule has 8 heteroatoms. The zero-order valence-electron chi connectivity index (χ0n) is 24.8. The Morgan fingerprint density at radius 3 is 2.30 bits per heavy atom. The van der Waals surface area contributed by atoms with E-state index in [1.807, 2.05) is 54.6 Å². The number of methoxy groups -OCH3 is 1. The molecule has 0 radical (unpaired) electrons. The molecular formula is C36H35ClN2O5. The molecule has 0 saturated heterocycles. The number of hydrogen-bond acceptors (Lipinski definition) is 6. The number of benzene rings is 4. The predicted octanol–water partition coefficient (Wildman–Crippen LogP) is 7.15. The van der Waals surface area contributed by atoms with Crippen LogP contribution in [0.3, 0.4) is 0 Å². The van der Waals surface area contributed by atoms with Crippen LogP contribution >= 0.6 is 11.6 Å². The first-order valence-corrected chi connectivity index (χ1v) is 14.6. The van der Waals surface area contributed by atoms with Gasteiger partial charge in [-0.2, -0.15) is 0 Å². The molecule has 0 fully saturated rings. The first kappa shape index (κ1) is 32.0. The molecule has 0 bridgehead atoms. The van der Waals surface area contributed by atoms with E-state index in [1.54, 1.807) is 60.4 Å². The topological polar surface area (TPSA) is 84.9 Å². The predicted molar refractivity (Wildman–Crippen MR) is 175 cm³/mol. The van der Waals surface area contributed by atoms with E-state index in [4.69, 9.17) is 21.1 Å². The van der Waals surface area contributed by atoms with Crippen LogP contribution in [0.15, 0.2) is 115 Å². The maximum absolute atomic E-state index is 13.2. The van der Waals surface area contributed by atoms with Crippen molar-refractivity contribution < 1.29 is 23.9 Å². The van der Waals surface area contributed by atoms with Gasteiger partial charge in [0.25, 0.3) is 5.91 Å². The van der Waals surface area contributed by atoms with Gasteiger partial charge in [-0.05, 0) is 61.4 Å². The molecule has 1 amide bonds. The van der Waals surface area contributed by atoms with Gasteiger partial charge in [0.2, 0.25) is 0 Å². The van der Waals surface area contributed by atoms with Crippen LogP contribution in [-0.2, 0) is 20.7 Å². The second-order valence-electron chi connectivity index (χ2n) is 10.2. The van der Waals surface area contributed by atoms with E-state index >= 15 is 0 Å². The largest absolute Gasteiger partial charge is 0.494 e. The molecule has 0 unspecified atom stereocenters. The summed E-state index contributed by atoms with van der Waals surface area (Å²) in [6.07, 6.45) is 0.918. The maximum atomic E-state index is 13.2. The van der Waals surface area contributed by atoms with Gasteiger partial charge < -0.3 is 19.7 Å². The number of anilines is 2. The molecule has 1 atom stereocenters. The highest BCUT2D eigenvalue weighted by Crippen LogP contribution is 2.23. The summed E-state index contributed by atoms with van der Waals surface area (Å²) in [7, 11) is 1.34. The van der Waals surface area contributed by atoms with Crippen molar-refractivity contribution in [1.29, 1.82) is 0 Å². The highest BCUT2D eigenvalue weighted by Gasteiger charge is 2.23. The van der Waals surface area contributed by atoms with Gasteiger partial charge in [0.05, 0.1) is 13.7 Å². The van der Waals surface area contributed by atoms with Gasteiger partial charge in [-0.3, -0.25) is 9.59 Å². The van der Waals surface area contributed by atoms with Crippen LogP contribution in [0.4, 0.5) is 11.4 Å². The van der Waals surface area contributed by atoms with E-state index in [1.165, 1.54) is 7.11 Å². The SMILES string of the molecule is C=C(C)C(=O)N(CCCOc1ccc(C[C@H](Nc2ccccc2C(=O)c2ccccc2)C(=O)OC)cc1)c1cccc(Cl)c1. The lowest BCUT2D eigenvalue weighted by Gasteiger charge is -2.23. The fourth-order valence-corrected chi connectivity index (χ4v) is 4.85. The molecule has 0 spiro atoms. The summed E-state index contributed by atoms with van der Waals surface area (Å²) < 4.78 is 11.0. The van der Waals surface area contributed by atoms with Gasteiger partial charge in [0.15, 0.2) is 5.78 Å². The Kier molecular flexibility index (Phi) is 11.3. The van der Waals surface area contributed by atoms with Crippen LogP contribution in [0.5, 0.6) is 5.75 Å². The number of halogens is 1. The summed E-state index contributed by atoms with van der Waals surface area (Å²) in [5.74, 6) is -0.0903. The van der Waals surface area contributed by atoms with E-state index in [2.05, 4.69) is 11.9 Å². The Balaban J connectivity index is 1.37. The van der Waals surface area contributed by atoms with Crippen LogP contribution in [0.25, 0.3) is 0 Å². The van der Waals surface area contributed by atoms with E-state index in [-0.39, 0.29) is 11.7 Å². The Bertz CT molecular complexity index is 1600. The molecular weight excluding hydrogens is 576 g/mol. The number of carbonyl (C=O) groups excluding carboxylic acids is 3. The van der Waals surface area contributed by atoms with E-state index in [0.717, 1.165) is 5.56 Å². The third kappa shape index (κ3) is 8.58. The van der Waals surface area contributed by atoms with Crippen LogP contribution in [0.2, 0.25) is 5.02 Å². The molecule has 0 heterocycles. The lowest BCUT2D eigenvalue weighted by atomic mass is 10.00. The number of rotatable bonds is 14. The summed E-state index contributed by atoms with van der Waals surface area (Å²) in [6, 6.07) is 30.0. The van der Waals surface area contributed by atoms with E-state index in [0.29, 0.717) is 64.8 Å². The zero-order valence-corrected chi connectivity index (χ0v) is 25.6. The number of carbonyl (C=O) groups is 3. The fourth-order valence-electron chi connectivity index (χ4n) is 4.67. The Morgan fingerprint density at radius 2 is 1.61 bits per heavy atom. The molecule has 0 aliphatic rings. The molecule has 0 aromatic heterocycles. The monoisotopic (exact) mass is 610 g/mol. The van der Waals surface area contributed by atoms with Crippen LogP contribution < -0.4 is 15.0 Å². The summed E-state index contributed by atoms with van der Waals surface area (Å²) >= 11 is 6.14. The minimum atomic E-state index is -0.722. The number of ether oxygens (including phenoxy) is 2. The van der Waals surface area contributed by atoms with Crippen molar-refractivity contribution in [3.05, 3.63) is 137 Å². The third-order valence-electron chi connectivity index (χ3n) is 6.91. The minimum Gasteiger partial charge on any atom is -0.494 e. The van der Waals surface area contributed by atoms with Crippen LogP contribution in [-0.4, -0.2) is 44.0 Å². The Hall–Kier alpha value is -4.88. The molecule has 0 aliphatic heterocycles. The molecule has 0 saturated carbocycles. The lowest BCUT2D eigenvalue weighted by molar-refractivity contribution is -0.141. The van der Waals surface area contributed by atoms with Gasteiger partial charge in [-0.15, -0.1) is 0 Å². The smallest absolute Gasteiger partial charge is 0.328 e. The van der Waals surface area contributed by atoms with Crippen molar-refractivity contribution in [3.8, 4) is 5.75 Å². The van der Waals surface area contributed by atoms with Crippen molar-refractivity contribution in [2.75, 3.05) is 30.5 Å². The number of para-hydroxylation sites is 1. The standard InChI is InChI=1S/C36H35ClN2O5/c1-25(2)35(41)39(29-14-9-13-28(37)24-29)21-10-22-44-30-19-17-26(18-20-30)23-33(36(42)43-3)38-32-16-8-7-15-31(32)34(40)27-11-5-4-6-12-27/h4-9,11-20,24,33,38H,1,10,21-23H2,2-3H3/t33-/m0/s1. The molecule has 4 aromatic rings. The van der Waals surface area contributed by atoms with Crippen molar-refractivity contribution >= 4 is 40.6 Å². The highest BCUT2D eigenvalue weighted by molar-refractivity contribution is 6.31. The maximum Gasteiger partial charge on any atom is 0.328 e. The molecule has 7 nitrogen and oxygen atoms in total. The summed E-state index contributed by atoms with van der Waals surface area (Å²) in [5.41, 5.74) is 3.60. The minimum absolute atomic E-state index is 0.140. The molecule has 226 valence electrons. The van der Waals surface area contributed by atoms with Gasteiger partial charge >= 0.3 is 5.97 Å². The second-order valence-corrected chi connectivity index (χ2v) is 10.7. The van der Waals surface area contributed by atoms with Crippen LogP contribution in [0, 0.1) is 0 Å². The van der Waals surface area contributed by atoms with Crippen molar-refractivity contribution in [2.24, 2.45) is 0 Å². The summed E-state index contributed by atoms with van der Waals surface area (Å²) in [5, 5.41) is 3.77. The molecule has 4 rings (SSSR count). The third-order valence-corrected chi connectivity index (χ3v) is 7.15. The molecule has 44 heavy (non-hydrogen) atoms. The van der Waals surface area contributed by atoms with Gasteiger partial charge in [-0.25, -0.2) is 4.79 Å². The second kappa shape index (κ2) is 15.5. The van der Waals surface area contributed by atoms with Crippen LogP contribution in [0.1, 0.15) is 34.8 Å². The quantitative estimate of drug-likeness (QED) is 0.0707. The Morgan fingerprint density at radius 1 is 0.909 bits per heavy atom. The van der Waals surface area contributed by atoms with E-state index < -0.39 is 12.0 Å². The molecule has 1 N–H and O–H groups in total. The first-order chi connectivity index (χ1) is 21.3. The van der Waals surface area contributed by atoms with Gasteiger partial charge in [-0.1, -0.05) is 78.8 Å². The van der Waals surface area contributed by atoms with Gasteiger partial charge in [0, 0.05) is 46.1 Å². The number of ketones is 1. The zero-order chi connectivity index (χ0) is 31.5. The molecule has 4 aromatic carbocycles. The molecule has 0 aliphatic carbocycles. The summed E-state index contributed by atoms with van der Waals surface area (Å²) in [6.45, 7) is 6.29. The number of amides is 1. The van der Waals surface area contributed by atoms with Crippen molar-refractivity contribution in [2.45, 2.75) is 25.8 Å². The average molecular weight is 611 g/mol. The first-order valence-electron chi connectivity index (χ1n) is 14.2. The number of hydrogen-bond donors (Lipinski definition) is 1. The van der Waals surface area contributed by atoms with Crippen molar-refractivity contribution in [3.63, 3.8) is 0 Å². The normalized spacial score (nSPS) is 11.2. The number of nitrogens with one attached hydrogen (secondary N) is 1. The van der Waals surface area contributed by atoms with E-state index in [9.17, 15) is 14.4 Å². The number of nitrogens with zero attached hydrogens (tertiary/aromatic N) is 1. The average Bonchev–Trinajstić information content (AvgIpc) is 3.04.